The summed E-state index contributed by atoms with van der Waals surface area (Å²) < 4.78 is 0. The summed E-state index contributed by atoms with van der Waals surface area (Å²) in [6.07, 6.45) is -6.03. The van der Waals surface area contributed by atoms with E-state index in [2.05, 4.69) is 5.48 Å². The quantitative estimate of drug-likeness (QED) is 0.192. The predicted molar refractivity (Wildman–Crippen MR) is 50.7 cm³/mol. The molecule has 0 aliphatic rings. The van der Waals surface area contributed by atoms with Gasteiger partial charge in [-0.25, -0.2) is 5.48 Å². The van der Waals surface area contributed by atoms with Crippen LogP contribution >= 0.6 is 0 Å². The van der Waals surface area contributed by atoms with Gasteiger partial charge < -0.3 is 25.5 Å². The van der Waals surface area contributed by atoms with Crippen molar-refractivity contribution in [3.8, 4) is 0 Å². The van der Waals surface area contributed by atoms with Gasteiger partial charge in [-0.3, -0.25) is 4.84 Å². The SMILES string of the molecule is CCNOC[C@H](O)[C@@H](O)[C@H](O)[C@H](O)CO. The molecular weight excluding hydrogens is 206 g/mol. The minimum Gasteiger partial charge on any atom is -0.394 e. The Morgan fingerprint density at radius 1 is 1.07 bits per heavy atom. The maximum atomic E-state index is 9.31. The third-order valence-electron chi connectivity index (χ3n) is 1.83. The molecule has 0 saturated heterocycles. The van der Waals surface area contributed by atoms with E-state index in [1.165, 1.54) is 0 Å². The minimum absolute atomic E-state index is 0.232. The highest BCUT2D eigenvalue weighted by Crippen LogP contribution is 2.05. The maximum absolute atomic E-state index is 9.31. The van der Waals surface area contributed by atoms with Gasteiger partial charge in [0, 0.05) is 6.54 Å². The molecule has 0 aromatic rings. The maximum Gasteiger partial charge on any atom is 0.111 e. The van der Waals surface area contributed by atoms with Crippen LogP contribution in [0.15, 0.2) is 0 Å². The van der Waals surface area contributed by atoms with Gasteiger partial charge in [0.2, 0.25) is 0 Å². The molecule has 15 heavy (non-hydrogen) atoms. The van der Waals surface area contributed by atoms with Crippen molar-refractivity contribution in [1.29, 1.82) is 0 Å². The van der Waals surface area contributed by atoms with E-state index in [0.717, 1.165) is 0 Å². The molecule has 0 aromatic heterocycles. The van der Waals surface area contributed by atoms with Crippen LogP contribution < -0.4 is 5.48 Å². The van der Waals surface area contributed by atoms with Crippen LogP contribution in [0.1, 0.15) is 6.92 Å². The van der Waals surface area contributed by atoms with Crippen molar-refractivity contribution >= 4 is 0 Å². The van der Waals surface area contributed by atoms with E-state index < -0.39 is 31.0 Å². The second kappa shape index (κ2) is 7.94. The smallest absolute Gasteiger partial charge is 0.111 e. The van der Waals surface area contributed by atoms with Gasteiger partial charge in [0.25, 0.3) is 0 Å². The van der Waals surface area contributed by atoms with Gasteiger partial charge in [-0.15, -0.1) is 0 Å². The molecular formula is C8H19NO6. The Morgan fingerprint density at radius 3 is 2.07 bits per heavy atom. The number of aliphatic hydroxyl groups is 5. The van der Waals surface area contributed by atoms with Crippen molar-refractivity contribution in [3.63, 3.8) is 0 Å². The van der Waals surface area contributed by atoms with Crippen LogP contribution in [-0.2, 0) is 4.84 Å². The number of nitrogens with one attached hydrogen (secondary N) is 1. The summed E-state index contributed by atoms with van der Waals surface area (Å²) in [5.41, 5.74) is 2.45. The van der Waals surface area contributed by atoms with Crippen LogP contribution in [0.3, 0.4) is 0 Å². The van der Waals surface area contributed by atoms with Crippen molar-refractivity contribution in [2.75, 3.05) is 19.8 Å². The average molecular weight is 225 g/mol. The van der Waals surface area contributed by atoms with Crippen molar-refractivity contribution in [1.82, 2.24) is 5.48 Å². The first-order chi connectivity index (χ1) is 7.04. The van der Waals surface area contributed by atoms with Crippen LogP contribution in [-0.4, -0.2) is 69.7 Å². The summed E-state index contributed by atoms with van der Waals surface area (Å²) in [6.45, 7) is 1.39. The summed E-state index contributed by atoms with van der Waals surface area (Å²) in [7, 11) is 0. The lowest BCUT2D eigenvalue weighted by Gasteiger charge is -2.25. The molecule has 7 heteroatoms. The molecule has 0 rings (SSSR count). The number of aliphatic hydroxyl groups excluding tert-OH is 5. The number of hydroxylamine groups is 1. The Bertz CT molecular complexity index is 158. The highest BCUT2D eigenvalue weighted by atomic mass is 16.6. The topological polar surface area (TPSA) is 122 Å². The fourth-order valence-corrected chi connectivity index (χ4v) is 0.908. The van der Waals surface area contributed by atoms with E-state index in [9.17, 15) is 15.3 Å². The summed E-state index contributed by atoms with van der Waals surface area (Å²) >= 11 is 0. The van der Waals surface area contributed by atoms with E-state index in [1.807, 2.05) is 0 Å². The summed E-state index contributed by atoms with van der Waals surface area (Å²) in [5.74, 6) is 0. The van der Waals surface area contributed by atoms with Crippen LogP contribution in [0.2, 0.25) is 0 Å². The van der Waals surface area contributed by atoms with Crippen molar-refractivity contribution in [2.45, 2.75) is 31.3 Å². The van der Waals surface area contributed by atoms with Gasteiger partial charge in [0.1, 0.15) is 24.4 Å². The molecule has 6 N–H and O–H groups in total. The van der Waals surface area contributed by atoms with Crippen molar-refractivity contribution in [3.05, 3.63) is 0 Å². The van der Waals surface area contributed by atoms with Crippen LogP contribution in [0, 0.1) is 0 Å². The molecule has 0 saturated carbocycles. The molecule has 0 radical (unpaired) electrons. The molecule has 0 unspecified atom stereocenters. The fraction of sp³-hybridized carbons (Fsp3) is 1.00. The third kappa shape index (κ3) is 5.38. The van der Waals surface area contributed by atoms with E-state index in [0.29, 0.717) is 6.54 Å². The first-order valence-corrected chi connectivity index (χ1v) is 4.72. The molecule has 0 aliphatic heterocycles. The Labute approximate surface area is 87.9 Å². The number of hydrogen-bond donors (Lipinski definition) is 6. The van der Waals surface area contributed by atoms with Crippen molar-refractivity contribution < 1.29 is 30.4 Å². The minimum atomic E-state index is -1.62. The summed E-state index contributed by atoms with van der Waals surface area (Å²) in [6, 6.07) is 0. The van der Waals surface area contributed by atoms with E-state index in [1.54, 1.807) is 6.92 Å². The first-order valence-electron chi connectivity index (χ1n) is 4.72. The zero-order valence-corrected chi connectivity index (χ0v) is 8.58. The molecule has 4 atom stereocenters. The van der Waals surface area contributed by atoms with Crippen LogP contribution in [0.4, 0.5) is 0 Å². The standard InChI is InChI=1S/C8H19NO6/c1-2-9-15-4-6(12)8(14)7(13)5(11)3-10/h5-14H,2-4H2,1H3/t5-,6+,7-,8-/m1/s1. The second-order valence-electron chi connectivity index (χ2n) is 3.11. The van der Waals surface area contributed by atoms with Crippen LogP contribution in [0.25, 0.3) is 0 Å². The van der Waals surface area contributed by atoms with Gasteiger partial charge in [0.15, 0.2) is 0 Å². The number of rotatable bonds is 8. The zero-order chi connectivity index (χ0) is 11.8. The molecule has 7 nitrogen and oxygen atoms in total. The third-order valence-corrected chi connectivity index (χ3v) is 1.83. The van der Waals surface area contributed by atoms with E-state index >= 15 is 0 Å². The Kier molecular flexibility index (Phi) is 7.79. The fourth-order valence-electron chi connectivity index (χ4n) is 0.908. The van der Waals surface area contributed by atoms with Gasteiger partial charge in [-0.1, -0.05) is 6.92 Å². The zero-order valence-electron chi connectivity index (χ0n) is 8.58. The summed E-state index contributed by atoms with van der Waals surface area (Å²) in [4.78, 5) is 4.71. The molecule has 0 aromatic carbocycles. The van der Waals surface area contributed by atoms with E-state index in [-0.39, 0.29) is 6.61 Å². The molecule has 0 amide bonds. The molecule has 0 heterocycles. The second-order valence-corrected chi connectivity index (χ2v) is 3.11. The Hall–Kier alpha value is -0.280. The normalized spacial score (nSPS) is 19.6. The lowest BCUT2D eigenvalue weighted by Crippen LogP contribution is -2.47. The van der Waals surface area contributed by atoms with E-state index in [4.69, 9.17) is 15.1 Å². The lowest BCUT2D eigenvalue weighted by atomic mass is 10.0. The summed E-state index contributed by atoms with van der Waals surface area (Å²) in [5, 5.41) is 45.3. The van der Waals surface area contributed by atoms with Gasteiger partial charge in [-0.2, -0.15) is 0 Å². The molecule has 92 valence electrons. The average Bonchev–Trinajstić information content (AvgIpc) is 2.26. The van der Waals surface area contributed by atoms with Gasteiger partial charge in [0.05, 0.1) is 13.2 Å². The Morgan fingerprint density at radius 2 is 1.60 bits per heavy atom. The lowest BCUT2D eigenvalue weighted by molar-refractivity contribution is -0.136. The highest BCUT2D eigenvalue weighted by Gasteiger charge is 2.29. The van der Waals surface area contributed by atoms with Gasteiger partial charge in [-0.05, 0) is 0 Å². The Balaban J connectivity index is 3.90. The molecule has 0 fully saturated rings. The van der Waals surface area contributed by atoms with Gasteiger partial charge >= 0.3 is 0 Å². The largest absolute Gasteiger partial charge is 0.394 e. The van der Waals surface area contributed by atoms with Crippen molar-refractivity contribution in [2.24, 2.45) is 0 Å². The predicted octanol–water partition coefficient (Wildman–Crippen LogP) is -3.04. The molecule has 0 aliphatic carbocycles. The first kappa shape index (κ1) is 14.7. The monoisotopic (exact) mass is 225 g/mol. The van der Waals surface area contributed by atoms with Crippen LogP contribution in [0.5, 0.6) is 0 Å². The number of hydrogen-bond acceptors (Lipinski definition) is 7. The highest BCUT2D eigenvalue weighted by molar-refractivity contribution is 4.80. The molecule has 0 spiro atoms. The molecule has 0 bridgehead atoms.